The van der Waals surface area contributed by atoms with Crippen LogP contribution >= 0.6 is 0 Å². The van der Waals surface area contributed by atoms with Crippen LogP contribution in [-0.2, 0) is 10.0 Å². The third-order valence-corrected chi connectivity index (χ3v) is 6.74. The highest BCUT2D eigenvalue weighted by Gasteiger charge is 2.31. The fourth-order valence-corrected chi connectivity index (χ4v) is 4.83. The minimum Gasteiger partial charge on any atom is -0.207 e. The van der Waals surface area contributed by atoms with Gasteiger partial charge >= 0.3 is 0 Å². The minimum absolute atomic E-state index is 0.00501. The first-order valence-electron chi connectivity index (χ1n) is 9.81. The van der Waals surface area contributed by atoms with Crippen LogP contribution in [0.1, 0.15) is 29.2 Å². The summed E-state index contributed by atoms with van der Waals surface area (Å²) in [7, 11) is -3.77. The quantitative estimate of drug-likeness (QED) is 0.458. The molecule has 0 fully saturated rings. The Morgan fingerprint density at radius 3 is 2.13 bits per heavy atom. The zero-order valence-corrected chi connectivity index (χ0v) is 17.8. The maximum atomic E-state index is 13.5. The number of rotatable bonds is 8. The molecule has 1 unspecified atom stereocenters. The standard InChI is InChI=1S/C26H25NO2S/c1-3-21-27(30(28,29)25-19-17-22(2)18-20-25)26(24-14-8-5-9-15-24)16-10-13-23-11-6-4-7-12-23/h1,4-15,17-20,26H,16,21H2,2H3/b13-10+. The molecule has 0 aliphatic carbocycles. The van der Waals surface area contributed by atoms with Crippen molar-refractivity contribution >= 4 is 16.1 Å². The third-order valence-electron chi connectivity index (χ3n) is 4.88. The van der Waals surface area contributed by atoms with Crippen molar-refractivity contribution in [2.45, 2.75) is 24.3 Å². The number of terminal acetylenes is 1. The van der Waals surface area contributed by atoms with E-state index in [1.807, 2.05) is 79.7 Å². The maximum absolute atomic E-state index is 13.5. The van der Waals surface area contributed by atoms with Crippen molar-refractivity contribution in [2.75, 3.05) is 6.54 Å². The van der Waals surface area contributed by atoms with Crippen LogP contribution in [0.3, 0.4) is 0 Å². The van der Waals surface area contributed by atoms with Crippen LogP contribution < -0.4 is 0 Å². The number of hydrogen-bond acceptors (Lipinski definition) is 2. The molecule has 0 amide bonds. The van der Waals surface area contributed by atoms with E-state index in [-0.39, 0.29) is 11.4 Å². The lowest BCUT2D eigenvalue weighted by Crippen LogP contribution is -2.35. The van der Waals surface area contributed by atoms with Gasteiger partial charge in [-0.2, -0.15) is 4.31 Å². The molecule has 0 saturated carbocycles. The predicted octanol–water partition coefficient (Wildman–Crippen LogP) is 5.46. The van der Waals surface area contributed by atoms with Crippen LogP contribution in [0.25, 0.3) is 6.08 Å². The van der Waals surface area contributed by atoms with Crippen LogP contribution in [0.4, 0.5) is 0 Å². The van der Waals surface area contributed by atoms with E-state index in [0.717, 1.165) is 16.7 Å². The van der Waals surface area contributed by atoms with E-state index < -0.39 is 16.1 Å². The third kappa shape index (κ3) is 5.27. The Morgan fingerprint density at radius 2 is 1.53 bits per heavy atom. The van der Waals surface area contributed by atoms with Gasteiger partial charge in [-0.1, -0.05) is 96.4 Å². The molecule has 0 saturated heterocycles. The molecule has 0 radical (unpaired) electrons. The largest absolute Gasteiger partial charge is 0.244 e. The SMILES string of the molecule is C#CCN(C(C/C=C/c1ccccc1)c1ccccc1)S(=O)(=O)c1ccc(C)cc1. The van der Waals surface area contributed by atoms with E-state index in [9.17, 15) is 8.42 Å². The van der Waals surface area contributed by atoms with E-state index in [1.54, 1.807) is 24.3 Å². The summed E-state index contributed by atoms with van der Waals surface area (Å²) >= 11 is 0. The molecule has 4 heteroatoms. The van der Waals surface area contributed by atoms with Crippen LogP contribution in [0.15, 0.2) is 95.9 Å². The van der Waals surface area contributed by atoms with Crippen LogP contribution in [0, 0.1) is 19.3 Å². The molecule has 0 spiro atoms. The van der Waals surface area contributed by atoms with Crippen molar-refractivity contribution in [2.24, 2.45) is 0 Å². The molecule has 0 aromatic heterocycles. The van der Waals surface area contributed by atoms with Gasteiger partial charge < -0.3 is 0 Å². The maximum Gasteiger partial charge on any atom is 0.244 e. The summed E-state index contributed by atoms with van der Waals surface area (Å²) in [5.74, 6) is 2.54. The Hall–Kier alpha value is -3.13. The van der Waals surface area contributed by atoms with Crippen molar-refractivity contribution in [1.29, 1.82) is 0 Å². The molecular formula is C26H25NO2S. The van der Waals surface area contributed by atoms with E-state index in [4.69, 9.17) is 6.42 Å². The van der Waals surface area contributed by atoms with E-state index in [1.165, 1.54) is 4.31 Å². The highest BCUT2D eigenvalue weighted by molar-refractivity contribution is 7.89. The van der Waals surface area contributed by atoms with E-state index >= 15 is 0 Å². The smallest absolute Gasteiger partial charge is 0.207 e. The topological polar surface area (TPSA) is 37.4 Å². The highest BCUT2D eigenvalue weighted by atomic mass is 32.2. The molecule has 0 aliphatic rings. The lowest BCUT2D eigenvalue weighted by Gasteiger charge is -2.29. The molecule has 3 nitrogen and oxygen atoms in total. The second kappa shape index (κ2) is 10.1. The summed E-state index contributed by atoms with van der Waals surface area (Å²) in [6.07, 6.45) is 10.1. The first-order valence-corrected chi connectivity index (χ1v) is 11.2. The molecule has 1 atom stereocenters. The van der Waals surface area contributed by atoms with Crippen LogP contribution in [0.5, 0.6) is 0 Å². The molecular weight excluding hydrogens is 390 g/mol. The summed E-state index contributed by atoms with van der Waals surface area (Å²) in [6, 6.07) is 26.0. The monoisotopic (exact) mass is 415 g/mol. The molecule has 0 N–H and O–H groups in total. The normalized spacial score (nSPS) is 12.7. The van der Waals surface area contributed by atoms with Gasteiger partial charge in [0.15, 0.2) is 0 Å². The zero-order valence-electron chi connectivity index (χ0n) is 17.0. The number of benzene rings is 3. The molecule has 0 heterocycles. The predicted molar refractivity (Wildman–Crippen MR) is 123 cm³/mol. The molecule has 0 aliphatic heterocycles. The van der Waals surface area contributed by atoms with Crippen LogP contribution in [-0.4, -0.2) is 19.3 Å². The summed E-state index contributed by atoms with van der Waals surface area (Å²) in [5.41, 5.74) is 2.97. The lowest BCUT2D eigenvalue weighted by molar-refractivity contribution is 0.355. The van der Waals surface area contributed by atoms with Gasteiger partial charge in [0.05, 0.1) is 17.5 Å². The van der Waals surface area contributed by atoms with Gasteiger partial charge in [0.25, 0.3) is 0 Å². The van der Waals surface area contributed by atoms with Gasteiger partial charge in [-0.15, -0.1) is 6.42 Å². The Labute approximate surface area is 179 Å². The minimum atomic E-state index is -3.77. The number of hydrogen-bond donors (Lipinski definition) is 0. The Bertz CT molecular complexity index is 1110. The van der Waals surface area contributed by atoms with Gasteiger partial charge in [0, 0.05) is 0 Å². The first kappa shape index (κ1) is 21.6. The van der Waals surface area contributed by atoms with Gasteiger partial charge in [0.1, 0.15) is 0 Å². The van der Waals surface area contributed by atoms with Crippen LogP contribution in [0.2, 0.25) is 0 Å². The molecule has 3 rings (SSSR count). The summed E-state index contributed by atoms with van der Waals surface area (Å²) < 4.78 is 28.4. The summed E-state index contributed by atoms with van der Waals surface area (Å²) in [4.78, 5) is 0.247. The summed E-state index contributed by atoms with van der Waals surface area (Å²) in [6.45, 7) is 1.92. The van der Waals surface area contributed by atoms with Crippen molar-refractivity contribution in [3.63, 3.8) is 0 Å². The van der Waals surface area contributed by atoms with Gasteiger partial charge in [-0.3, -0.25) is 0 Å². The number of sulfonamides is 1. The average Bonchev–Trinajstić information content (AvgIpc) is 2.77. The average molecular weight is 416 g/mol. The zero-order chi connectivity index (χ0) is 21.4. The second-order valence-corrected chi connectivity index (χ2v) is 8.93. The molecule has 30 heavy (non-hydrogen) atoms. The van der Waals surface area contributed by atoms with Gasteiger partial charge in [-0.05, 0) is 36.6 Å². The van der Waals surface area contributed by atoms with Crippen molar-refractivity contribution in [3.8, 4) is 12.3 Å². The molecule has 0 bridgehead atoms. The molecule has 3 aromatic rings. The second-order valence-electron chi connectivity index (χ2n) is 7.04. The lowest BCUT2D eigenvalue weighted by atomic mass is 10.0. The van der Waals surface area contributed by atoms with Gasteiger partial charge in [-0.25, -0.2) is 8.42 Å². The Morgan fingerprint density at radius 1 is 0.933 bits per heavy atom. The Balaban J connectivity index is 1.99. The molecule has 152 valence electrons. The Kier molecular flexibility index (Phi) is 7.24. The van der Waals surface area contributed by atoms with Crippen molar-refractivity contribution in [3.05, 3.63) is 108 Å². The molecule has 3 aromatic carbocycles. The number of nitrogens with zero attached hydrogens (tertiary/aromatic N) is 1. The number of aryl methyl sites for hydroxylation is 1. The highest BCUT2D eigenvalue weighted by Crippen LogP contribution is 2.31. The summed E-state index contributed by atoms with van der Waals surface area (Å²) in [5, 5.41) is 0. The van der Waals surface area contributed by atoms with Gasteiger partial charge in [0.2, 0.25) is 10.0 Å². The van der Waals surface area contributed by atoms with E-state index in [0.29, 0.717) is 6.42 Å². The van der Waals surface area contributed by atoms with E-state index in [2.05, 4.69) is 5.92 Å². The van der Waals surface area contributed by atoms with Crippen molar-refractivity contribution < 1.29 is 8.42 Å². The first-order chi connectivity index (χ1) is 14.5. The fourth-order valence-electron chi connectivity index (χ4n) is 3.29. The van der Waals surface area contributed by atoms with Crippen molar-refractivity contribution in [1.82, 2.24) is 4.31 Å². The fraction of sp³-hybridized carbons (Fsp3) is 0.154.